The van der Waals surface area contributed by atoms with Gasteiger partial charge < -0.3 is 9.64 Å². The summed E-state index contributed by atoms with van der Waals surface area (Å²) in [5.41, 5.74) is 0.145. The van der Waals surface area contributed by atoms with Crippen LogP contribution < -0.4 is 0 Å². The van der Waals surface area contributed by atoms with Crippen molar-refractivity contribution in [2.24, 2.45) is 0 Å². The lowest BCUT2D eigenvalue weighted by Gasteiger charge is -2.30. The number of amides is 1. The lowest BCUT2D eigenvalue weighted by atomic mass is 10.1. The maximum absolute atomic E-state index is 14.1. The van der Waals surface area contributed by atoms with E-state index in [1.165, 1.54) is 6.07 Å². The van der Waals surface area contributed by atoms with E-state index >= 15 is 0 Å². The fourth-order valence-electron chi connectivity index (χ4n) is 2.96. The predicted molar refractivity (Wildman–Crippen MR) is 101 cm³/mol. The molecule has 1 amide bonds. The number of hydrogen-bond donors (Lipinski definition) is 0. The van der Waals surface area contributed by atoms with Crippen molar-refractivity contribution >= 4 is 21.8 Å². The van der Waals surface area contributed by atoms with E-state index in [0.29, 0.717) is 13.1 Å². The van der Waals surface area contributed by atoms with Crippen LogP contribution in [0.25, 0.3) is 0 Å². The van der Waals surface area contributed by atoms with Crippen LogP contribution in [0.3, 0.4) is 0 Å². The molecule has 4 nitrogen and oxygen atoms in total. The van der Waals surface area contributed by atoms with Gasteiger partial charge in [0.25, 0.3) is 5.91 Å². The number of unbranched alkanes of at least 4 members (excludes halogenated alkanes) is 3. The van der Waals surface area contributed by atoms with Crippen LogP contribution in [-0.4, -0.2) is 61.6 Å². The quantitative estimate of drug-likeness (QED) is 0.573. The molecule has 1 saturated heterocycles. The van der Waals surface area contributed by atoms with E-state index in [2.05, 4.69) is 27.8 Å². The normalized spacial score (nSPS) is 15.3. The van der Waals surface area contributed by atoms with Gasteiger partial charge >= 0.3 is 0 Å². The molecular weight excluding hydrogens is 387 g/mol. The Morgan fingerprint density at radius 3 is 2.72 bits per heavy atom. The van der Waals surface area contributed by atoms with Gasteiger partial charge in [-0.05, 0) is 24.6 Å². The van der Waals surface area contributed by atoms with E-state index in [1.54, 1.807) is 17.0 Å². The molecule has 0 atom stereocenters. The Balaban J connectivity index is 2.00. The summed E-state index contributed by atoms with van der Waals surface area (Å²) in [6.07, 6.45) is 4.37. The number of morpholine rings is 1. The highest BCUT2D eigenvalue weighted by Crippen LogP contribution is 2.18. The Bertz CT molecular complexity index is 550. The van der Waals surface area contributed by atoms with Gasteiger partial charge in [-0.1, -0.05) is 42.1 Å². The van der Waals surface area contributed by atoms with Crippen LogP contribution in [0.5, 0.6) is 0 Å². The summed E-state index contributed by atoms with van der Waals surface area (Å²) in [4.78, 5) is 17.0. The molecule has 25 heavy (non-hydrogen) atoms. The summed E-state index contributed by atoms with van der Waals surface area (Å²) < 4.78 is 20.2. The Morgan fingerprint density at radius 1 is 1.24 bits per heavy atom. The average molecular weight is 415 g/mol. The third-order valence-corrected chi connectivity index (χ3v) is 5.01. The molecule has 1 aliphatic heterocycles. The molecule has 1 aromatic carbocycles. The standard InChI is InChI=1S/C19H28BrFN2O2/c1-2-3-4-5-8-23(10-9-22-11-13-25-14-12-22)19(24)17-15-16(20)6-7-18(17)21/h6-7,15H,2-5,8-14H2,1H3. The van der Waals surface area contributed by atoms with Gasteiger partial charge in [-0.2, -0.15) is 0 Å². The van der Waals surface area contributed by atoms with E-state index in [-0.39, 0.29) is 11.5 Å². The van der Waals surface area contributed by atoms with Crippen molar-refractivity contribution in [2.45, 2.75) is 32.6 Å². The van der Waals surface area contributed by atoms with Gasteiger partial charge in [0.15, 0.2) is 0 Å². The largest absolute Gasteiger partial charge is 0.379 e. The van der Waals surface area contributed by atoms with Crippen molar-refractivity contribution < 1.29 is 13.9 Å². The first-order valence-electron chi connectivity index (χ1n) is 9.16. The predicted octanol–water partition coefficient (Wildman–Crippen LogP) is 3.94. The number of benzene rings is 1. The lowest BCUT2D eigenvalue weighted by molar-refractivity contribution is 0.0323. The molecule has 0 bridgehead atoms. The summed E-state index contributed by atoms with van der Waals surface area (Å²) in [7, 11) is 0. The molecule has 0 unspecified atom stereocenters. The van der Waals surface area contributed by atoms with Crippen molar-refractivity contribution in [3.8, 4) is 0 Å². The Morgan fingerprint density at radius 2 is 2.00 bits per heavy atom. The van der Waals surface area contributed by atoms with E-state index in [1.807, 2.05) is 0 Å². The first-order valence-corrected chi connectivity index (χ1v) is 9.95. The van der Waals surface area contributed by atoms with E-state index in [9.17, 15) is 9.18 Å². The number of carbonyl (C=O) groups excluding carboxylic acids is 1. The molecule has 1 aliphatic rings. The van der Waals surface area contributed by atoms with Crippen molar-refractivity contribution in [1.82, 2.24) is 9.80 Å². The molecule has 0 spiro atoms. The highest BCUT2D eigenvalue weighted by Gasteiger charge is 2.21. The molecule has 0 aromatic heterocycles. The van der Waals surface area contributed by atoms with Crippen molar-refractivity contribution in [2.75, 3.05) is 45.9 Å². The molecule has 0 saturated carbocycles. The SMILES string of the molecule is CCCCCCN(CCN1CCOCC1)C(=O)c1cc(Br)ccc1F. The topological polar surface area (TPSA) is 32.8 Å². The van der Waals surface area contributed by atoms with Crippen LogP contribution in [0.2, 0.25) is 0 Å². The molecule has 0 N–H and O–H groups in total. The van der Waals surface area contributed by atoms with Crippen molar-refractivity contribution in [3.05, 3.63) is 34.1 Å². The minimum absolute atomic E-state index is 0.145. The zero-order valence-electron chi connectivity index (χ0n) is 15.0. The second-order valence-electron chi connectivity index (χ2n) is 6.43. The number of ether oxygens (including phenoxy) is 1. The number of carbonyl (C=O) groups is 1. The van der Waals surface area contributed by atoms with Crippen molar-refractivity contribution in [1.29, 1.82) is 0 Å². The zero-order chi connectivity index (χ0) is 18.1. The molecule has 1 fully saturated rings. The fraction of sp³-hybridized carbons (Fsp3) is 0.632. The van der Waals surface area contributed by atoms with Crippen LogP contribution in [0.1, 0.15) is 43.0 Å². The molecule has 1 heterocycles. The smallest absolute Gasteiger partial charge is 0.256 e. The minimum Gasteiger partial charge on any atom is -0.379 e. The highest BCUT2D eigenvalue weighted by atomic mass is 79.9. The minimum atomic E-state index is -0.460. The Labute approximate surface area is 158 Å². The average Bonchev–Trinajstić information content (AvgIpc) is 2.63. The Hall–Kier alpha value is -0.980. The first kappa shape index (κ1) is 20.3. The van der Waals surface area contributed by atoms with Gasteiger partial charge in [-0.15, -0.1) is 0 Å². The van der Waals surface area contributed by atoms with Crippen LogP contribution in [0.4, 0.5) is 4.39 Å². The van der Waals surface area contributed by atoms with Crippen LogP contribution in [-0.2, 0) is 4.74 Å². The molecule has 6 heteroatoms. The maximum Gasteiger partial charge on any atom is 0.256 e. The summed E-state index contributed by atoms with van der Waals surface area (Å²) in [5.74, 6) is -0.679. The number of hydrogen-bond acceptors (Lipinski definition) is 3. The van der Waals surface area contributed by atoms with Crippen LogP contribution in [0, 0.1) is 5.82 Å². The molecule has 0 aliphatic carbocycles. The fourth-order valence-corrected chi connectivity index (χ4v) is 3.32. The second-order valence-corrected chi connectivity index (χ2v) is 7.35. The van der Waals surface area contributed by atoms with Gasteiger partial charge in [0.2, 0.25) is 0 Å². The first-order chi connectivity index (χ1) is 12.1. The van der Waals surface area contributed by atoms with Gasteiger partial charge in [-0.3, -0.25) is 9.69 Å². The molecule has 0 radical (unpaired) electrons. The summed E-state index contributed by atoms with van der Waals surface area (Å²) in [5, 5.41) is 0. The zero-order valence-corrected chi connectivity index (χ0v) is 16.6. The van der Waals surface area contributed by atoms with E-state index in [0.717, 1.165) is 63.0 Å². The highest BCUT2D eigenvalue weighted by molar-refractivity contribution is 9.10. The molecular formula is C19H28BrFN2O2. The van der Waals surface area contributed by atoms with E-state index in [4.69, 9.17) is 4.74 Å². The summed E-state index contributed by atoms with van der Waals surface area (Å²) in [6, 6.07) is 4.53. The Kier molecular flexibility index (Phi) is 8.85. The summed E-state index contributed by atoms with van der Waals surface area (Å²) in [6.45, 7) is 7.53. The van der Waals surface area contributed by atoms with Gasteiger partial charge in [0.1, 0.15) is 5.82 Å². The maximum atomic E-state index is 14.1. The lowest BCUT2D eigenvalue weighted by Crippen LogP contribution is -2.43. The van der Waals surface area contributed by atoms with Crippen LogP contribution in [0.15, 0.2) is 22.7 Å². The summed E-state index contributed by atoms with van der Waals surface area (Å²) >= 11 is 3.33. The van der Waals surface area contributed by atoms with Gasteiger partial charge in [0.05, 0.1) is 18.8 Å². The monoisotopic (exact) mass is 414 g/mol. The third kappa shape index (κ3) is 6.68. The molecule has 140 valence electrons. The van der Waals surface area contributed by atoms with Crippen LogP contribution >= 0.6 is 15.9 Å². The van der Waals surface area contributed by atoms with Gasteiger partial charge in [-0.25, -0.2) is 4.39 Å². The molecule has 2 rings (SSSR count). The number of rotatable bonds is 9. The second kappa shape index (κ2) is 10.9. The third-order valence-electron chi connectivity index (χ3n) is 4.52. The van der Waals surface area contributed by atoms with Gasteiger partial charge in [0, 0.05) is 37.2 Å². The van der Waals surface area contributed by atoms with Crippen molar-refractivity contribution in [3.63, 3.8) is 0 Å². The number of halogens is 2. The number of nitrogens with zero attached hydrogens (tertiary/aromatic N) is 2. The van der Waals surface area contributed by atoms with E-state index < -0.39 is 5.82 Å². The molecule has 1 aromatic rings.